The van der Waals surface area contributed by atoms with Gasteiger partial charge >= 0.3 is 0 Å². The van der Waals surface area contributed by atoms with Gasteiger partial charge in [0.15, 0.2) is 12.6 Å². The summed E-state index contributed by atoms with van der Waals surface area (Å²) in [5, 5.41) is 0. The van der Waals surface area contributed by atoms with Gasteiger partial charge in [0.2, 0.25) is 0 Å². The molecule has 0 spiro atoms. The van der Waals surface area contributed by atoms with E-state index >= 15 is 0 Å². The van der Waals surface area contributed by atoms with Gasteiger partial charge in [-0.3, -0.25) is 0 Å². The highest BCUT2D eigenvalue weighted by molar-refractivity contribution is 7.38. The van der Waals surface area contributed by atoms with Crippen molar-refractivity contribution in [2.24, 2.45) is 5.73 Å². The van der Waals surface area contributed by atoms with Crippen molar-refractivity contribution in [2.75, 3.05) is 64.2 Å². The SMILES string of the molecule is CCCOC(CCN)(CCPCC(OCC)OCC)CCPCC(OCC)OCC. The second-order valence-corrected chi connectivity index (χ2v) is 9.98. The molecule has 0 aromatic carbocycles. The Kier molecular flexibility index (Phi) is 21.9. The number of nitrogens with two attached hydrogens (primary N) is 1. The molecule has 0 radical (unpaired) electrons. The smallest absolute Gasteiger partial charge is 0.161 e. The molecule has 2 atom stereocenters. The third-order valence-corrected chi connectivity index (χ3v) is 7.21. The van der Waals surface area contributed by atoms with Crippen LogP contribution in [0.3, 0.4) is 0 Å². The summed E-state index contributed by atoms with van der Waals surface area (Å²) < 4.78 is 29.1. The molecule has 0 aliphatic carbocycles. The fourth-order valence-electron chi connectivity index (χ4n) is 3.32. The number of ether oxygens (including phenoxy) is 5. The summed E-state index contributed by atoms with van der Waals surface area (Å²) in [5.41, 5.74) is 5.89. The lowest BCUT2D eigenvalue weighted by atomic mass is 9.93. The first-order valence-electron chi connectivity index (χ1n) is 11.8. The maximum atomic E-state index is 6.43. The number of rotatable bonds is 23. The summed E-state index contributed by atoms with van der Waals surface area (Å²) in [6.07, 6.45) is 8.09. The van der Waals surface area contributed by atoms with Crippen molar-refractivity contribution in [2.45, 2.75) is 78.5 Å². The first kappa shape index (κ1) is 30.6. The number of hydrogen-bond acceptors (Lipinski definition) is 6. The van der Waals surface area contributed by atoms with E-state index in [2.05, 4.69) is 6.92 Å². The fraction of sp³-hybridized carbons (Fsp3) is 1.00. The minimum atomic E-state index is -0.107. The maximum Gasteiger partial charge on any atom is 0.161 e. The molecule has 182 valence electrons. The van der Waals surface area contributed by atoms with Crippen LogP contribution >= 0.6 is 17.2 Å². The molecular weight excluding hydrogens is 420 g/mol. The summed E-state index contributed by atoms with van der Waals surface area (Å²) in [6.45, 7) is 14.5. The van der Waals surface area contributed by atoms with Crippen molar-refractivity contribution in [3.63, 3.8) is 0 Å². The maximum absolute atomic E-state index is 6.43. The standard InChI is InChI=1S/C22H49NO5P2/c1-6-15-28-22(11-14-23,12-16-29-18-20(24-7-2)25-8-3)13-17-30-19-21(26-9-4)27-10-5/h20-21,29-30H,6-19,23H2,1-5H3. The molecule has 0 heterocycles. The Labute approximate surface area is 189 Å². The van der Waals surface area contributed by atoms with Crippen LogP contribution in [-0.2, 0) is 23.7 Å². The van der Waals surface area contributed by atoms with Gasteiger partial charge in [-0.25, -0.2) is 0 Å². The molecule has 2 unspecified atom stereocenters. The molecule has 0 aromatic rings. The largest absolute Gasteiger partial charge is 0.375 e. The van der Waals surface area contributed by atoms with Crippen LogP contribution in [0.2, 0.25) is 0 Å². The van der Waals surface area contributed by atoms with Gasteiger partial charge < -0.3 is 29.4 Å². The second-order valence-electron chi connectivity index (χ2n) is 7.16. The quantitative estimate of drug-likeness (QED) is 0.136. The zero-order valence-corrected chi connectivity index (χ0v) is 22.2. The summed E-state index contributed by atoms with van der Waals surface area (Å²) in [5.74, 6) is 0. The van der Waals surface area contributed by atoms with Gasteiger partial charge in [0.1, 0.15) is 0 Å². The van der Waals surface area contributed by atoms with E-state index in [9.17, 15) is 0 Å². The summed E-state index contributed by atoms with van der Waals surface area (Å²) in [7, 11) is 1.62. The molecular formula is C22H49NO5P2. The zero-order chi connectivity index (χ0) is 22.5. The van der Waals surface area contributed by atoms with E-state index in [-0.39, 0.29) is 18.2 Å². The van der Waals surface area contributed by atoms with Crippen LogP contribution in [0.25, 0.3) is 0 Å². The Morgan fingerprint density at radius 3 is 1.47 bits per heavy atom. The van der Waals surface area contributed by atoms with Crippen molar-refractivity contribution in [3.05, 3.63) is 0 Å². The molecule has 0 saturated heterocycles. The van der Waals surface area contributed by atoms with Crippen molar-refractivity contribution in [3.8, 4) is 0 Å². The Morgan fingerprint density at radius 1 is 0.700 bits per heavy atom. The topological polar surface area (TPSA) is 72.2 Å². The van der Waals surface area contributed by atoms with Gasteiger partial charge in [0.25, 0.3) is 0 Å². The molecule has 6 nitrogen and oxygen atoms in total. The van der Waals surface area contributed by atoms with Gasteiger partial charge in [0.05, 0.1) is 5.60 Å². The molecule has 30 heavy (non-hydrogen) atoms. The van der Waals surface area contributed by atoms with Gasteiger partial charge in [-0.2, -0.15) is 0 Å². The van der Waals surface area contributed by atoms with Gasteiger partial charge in [-0.1, -0.05) is 6.92 Å². The van der Waals surface area contributed by atoms with E-state index in [0.717, 1.165) is 74.1 Å². The van der Waals surface area contributed by atoms with E-state index in [1.807, 2.05) is 27.7 Å². The van der Waals surface area contributed by atoms with Crippen LogP contribution in [0.1, 0.15) is 60.3 Å². The highest BCUT2D eigenvalue weighted by Crippen LogP contribution is 2.32. The molecule has 0 aromatic heterocycles. The van der Waals surface area contributed by atoms with E-state index in [1.165, 1.54) is 0 Å². The molecule has 0 fully saturated rings. The third-order valence-electron chi connectivity index (χ3n) is 4.76. The highest BCUT2D eigenvalue weighted by Gasteiger charge is 2.29. The molecule has 0 aliphatic heterocycles. The van der Waals surface area contributed by atoms with E-state index < -0.39 is 0 Å². The fourth-order valence-corrected chi connectivity index (χ4v) is 5.94. The zero-order valence-electron chi connectivity index (χ0n) is 20.2. The molecule has 0 aliphatic rings. The highest BCUT2D eigenvalue weighted by atomic mass is 31.1. The van der Waals surface area contributed by atoms with Crippen LogP contribution < -0.4 is 5.73 Å². The molecule has 0 saturated carbocycles. The molecule has 0 bridgehead atoms. The first-order valence-corrected chi connectivity index (χ1v) is 14.7. The molecule has 8 heteroatoms. The Bertz CT molecular complexity index is 330. The number of hydrogen-bond donors (Lipinski definition) is 1. The molecule has 0 rings (SSSR count). The average Bonchev–Trinajstić information content (AvgIpc) is 2.73. The van der Waals surface area contributed by atoms with Crippen LogP contribution in [-0.4, -0.2) is 82.4 Å². The lowest BCUT2D eigenvalue weighted by Gasteiger charge is -2.34. The summed E-state index contributed by atoms with van der Waals surface area (Å²) in [4.78, 5) is 0. The lowest BCUT2D eigenvalue weighted by molar-refractivity contribution is -0.120. The van der Waals surface area contributed by atoms with Crippen molar-refractivity contribution in [1.29, 1.82) is 0 Å². The Morgan fingerprint density at radius 2 is 1.13 bits per heavy atom. The minimum Gasteiger partial charge on any atom is -0.375 e. The van der Waals surface area contributed by atoms with Crippen molar-refractivity contribution in [1.82, 2.24) is 0 Å². The van der Waals surface area contributed by atoms with Gasteiger partial charge in [-0.05, 0) is 72.2 Å². The van der Waals surface area contributed by atoms with Crippen LogP contribution in [0, 0.1) is 0 Å². The Balaban J connectivity index is 4.63. The van der Waals surface area contributed by atoms with Crippen LogP contribution in [0.4, 0.5) is 0 Å². The average molecular weight is 470 g/mol. The third kappa shape index (κ3) is 15.4. The first-order chi connectivity index (χ1) is 14.6. The molecule has 2 N–H and O–H groups in total. The Hall–Kier alpha value is 0.620. The van der Waals surface area contributed by atoms with Gasteiger partial charge in [-0.15, -0.1) is 17.2 Å². The molecule has 0 amide bonds. The summed E-state index contributed by atoms with van der Waals surface area (Å²) >= 11 is 0. The van der Waals surface area contributed by atoms with Crippen molar-refractivity contribution >= 4 is 17.2 Å². The summed E-state index contributed by atoms with van der Waals surface area (Å²) in [6, 6.07) is 0. The minimum absolute atomic E-state index is 0.0747. The van der Waals surface area contributed by atoms with E-state index in [4.69, 9.17) is 29.4 Å². The van der Waals surface area contributed by atoms with Gasteiger partial charge in [0, 0.05) is 45.4 Å². The van der Waals surface area contributed by atoms with E-state index in [1.54, 1.807) is 0 Å². The second kappa shape index (κ2) is 21.5. The predicted octanol–water partition coefficient (Wildman–Crippen LogP) is 4.44. The van der Waals surface area contributed by atoms with Crippen LogP contribution in [0.5, 0.6) is 0 Å². The normalized spacial score (nSPS) is 14.8. The van der Waals surface area contributed by atoms with Crippen LogP contribution in [0.15, 0.2) is 0 Å². The van der Waals surface area contributed by atoms with E-state index in [0.29, 0.717) is 33.0 Å². The lowest BCUT2D eigenvalue weighted by Crippen LogP contribution is -2.37. The predicted molar refractivity (Wildman–Crippen MR) is 132 cm³/mol. The monoisotopic (exact) mass is 469 g/mol. The van der Waals surface area contributed by atoms with Crippen molar-refractivity contribution < 1.29 is 23.7 Å².